The van der Waals surface area contributed by atoms with E-state index in [1.807, 2.05) is 0 Å². The molecule has 0 aromatic carbocycles. The number of fused-ring (bicyclic) bond motifs is 1. The van der Waals surface area contributed by atoms with Crippen LogP contribution in [-0.2, 0) is 29.1 Å². The molecule has 0 aromatic heterocycles. The van der Waals surface area contributed by atoms with Gasteiger partial charge in [-0.15, -0.1) is 0 Å². The Morgan fingerprint density at radius 1 is 1.40 bits per heavy atom. The number of carboxylic acid groups (broad SMARTS) is 1. The van der Waals surface area contributed by atoms with Crippen LogP contribution in [0.5, 0.6) is 0 Å². The van der Waals surface area contributed by atoms with E-state index in [0.717, 1.165) is 0 Å². The fraction of sp³-hybridized carbons (Fsp3) is 0.583. The van der Waals surface area contributed by atoms with Crippen molar-refractivity contribution in [3.63, 3.8) is 0 Å². The lowest BCUT2D eigenvalue weighted by molar-refractivity contribution is -0.154. The Kier molecular flexibility index (Phi) is 4.83. The fourth-order valence-electron chi connectivity index (χ4n) is 2.68. The maximum Gasteiger partial charge on any atom is 0.511 e. The lowest BCUT2D eigenvalue weighted by Gasteiger charge is -2.49. The Hall–Kier alpha value is -2.15. The molecule has 2 rings (SSSR count). The van der Waals surface area contributed by atoms with Crippen LogP contribution in [0.1, 0.15) is 19.8 Å². The van der Waals surface area contributed by atoms with E-state index >= 15 is 0 Å². The molecule has 9 nitrogen and oxygen atoms in total. The number of sulfonamides is 1. The van der Waals surface area contributed by atoms with Gasteiger partial charge in [-0.2, -0.15) is 17.9 Å². The van der Waals surface area contributed by atoms with E-state index < -0.39 is 51.2 Å². The molecule has 0 unspecified atom stereocenters. The van der Waals surface area contributed by atoms with Gasteiger partial charge in [0.25, 0.3) is 0 Å². The van der Waals surface area contributed by atoms with E-state index in [9.17, 15) is 41.1 Å². The second kappa shape index (κ2) is 6.29. The zero-order valence-electron chi connectivity index (χ0n) is 12.7. The molecule has 0 aromatic rings. The molecule has 1 fully saturated rings. The minimum absolute atomic E-state index is 0.0411. The summed E-state index contributed by atoms with van der Waals surface area (Å²) in [6, 6.07) is -2.88. The number of carboxylic acids is 1. The molecule has 1 amide bonds. The van der Waals surface area contributed by atoms with Crippen molar-refractivity contribution in [2.24, 2.45) is 0 Å². The molecular weight excluding hydrogens is 373 g/mol. The minimum atomic E-state index is -5.77. The van der Waals surface area contributed by atoms with Crippen LogP contribution in [0, 0.1) is 0 Å². The molecule has 0 spiro atoms. The van der Waals surface area contributed by atoms with Gasteiger partial charge < -0.3 is 9.84 Å². The summed E-state index contributed by atoms with van der Waals surface area (Å²) in [5.74, 6) is -3.78. The van der Waals surface area contributed by atoms with Gasteiger partial charge in [-0.3, -0.25) is 9.69 Å². The van der Waals surface area contributed by atoms with Gasteiger partial charge in [-0.1, -0.05) is 0 Å². The number of ether oxygens (including phenoxy) is 1. The second-order valence-corrected chi connectivity index (χ2v) is 6.92. The molecule has 0 radical (unpaired) electrons. The summed E-state index contributed by atoms with van der Waals surface area (Å²) in [7, 11) is -5.77. The number of esters is 1. The Bertz CT molecular complexity index is 759. The van der Waals surface area contributed by atoms with Crippen molar-refractivity contribution in [3.05, 3.63) is 11.3 Å². The van der Waals surface area contributed by atoms with Gasteiger partial charge in [0.1, 0.15) is 11.7 Å². The molecule has 2 heterocycles. The van der Waals surface area contributed by atoms with Gasteiger partial charge in [0, 0.05) is 0 Å². The van der Waals surface area contributed by atoms with Crippen LogP contribution in [0.15, 0.2) is 11.3 Å². The van der Waals surface area contributed by atoms with Gasteiger partial charge in [-0.25, -0.2) is 18.0 Å². The maximum absolute atomic E-state index is 12.4. The smallest absolute Gasteiger partial charge is 0.477 e. The number of alkyl halides is 3. The number of amides is 1. The Morgan fingerprint density at radius 2 is 2.00 bits per heavy atom. The molecule has 0 saturated carbocycles. The topological polar surface area (TPSA) is 130 Å². The Morgan fingerprint density at radius 3 is 2.48 bits per heavy atom. The first kappa shape index (κ1) is 19.2. The number of carbonyl (C=O) groups excluding carboxylic acids is 2. The van der Waals surface area contributed by atoms with Gasteiger partial charge in [-0.05, 0) is 19.8 Å². The Labute approximate surface area is 139 Å². The molecule has 0 aliphatic carbocycles. The third-order valence-electron chi connectivity index (χ3n) is 3.75. The number of β-lactam (4-membered cyclic amide) rings is 1. The minimum Gasteiger partial charge on any atom is -0.477 e. The monoisotopic (exact) mass is 386 g/mol. The van der Waals surface area contributed by atoms with Crippen molar-refractivity contribution in [3.8, 4) is 0 Å². The van der Waals surface area contributed by atoms with Crippen molar-refractivity contribution in [1.82, 2.24) is 9.62 Å². The summed E-state index contributed by atoms with van der Waals surface area (Å²) < 4.78 is 65.5. The van der Waals surface area contributed by atoms with Crippen molar-refractivity contribution < 1.29 is 45.8 Å². The Balaban J connectivity index is 2.31. The van der Waals surface area contributed by atoms with E-state index in [2.05, 4.69) is 0 Å². The summed E-state index contributed by atoms with van der Waals surface area (Å²) in [5.41, 5.74) is -6.61. The van der Waals surface area contributed by atoms with Gasteiger partial charge in [0.05, 0.1) is 18.2 Å². The number of aliphatic carboxylic acids is 1. The summed E-state index contributed by atoms with van der Waals surface area (Å²) >= 11 is 0. The first-order valence-electron chi connectivity index (χ1n) is 6.97. The maximum atomic E-state index is 12.4. The number of nitrogens with one attached hydrogen (secondary N) is 1. The van der Waals surface area contributed by atoms with Crippen molar-refractivity contribution in [2.45, 2.75) is 37.4 Å². The predicted octanol–water partition coefficient (Wildman–Crippen LogP) is -0.299. The zero-order valence-corrected chi connectivity index (χ0v) is 13.5. The third kappa shape index (κ3) is 3.20. The molecule has 1 saturated heterocycles. The summed E-state index contributed by atoms with van der Waals surface area (Å²) in [6.45, 7) is 1.45. The molecule has 2 aliphatic heterocycles. The van der Waals surface area contributed by atoms with Crippen LogP contribution in [0.2, 0.25) is 0 Å². The van der Waals surface area contributed by atoms with E-state index in [0.29, 0.717) is 4.90 Å². The largest absolute Gasteiger partial charge is 0.511 e. The lowest BCUT2D eigenvalue weighted by Crippen LogP contribution is -2.72. The lowest BCUT2D eigenvalue weighted by atomic mass is 9.84. The highest BCUT2D eigenvalue weighted by Gasteiger charge is 2.58. The van der Waals surface area contributed by atoms with E-state index in [1.54, 1.807) is 0 Å². The van der Waals surface area contributed by atoms with Crippen LogP contribution in [0.4, 0.5) is 13.2 Å². The highest BCUT2D eigenvalue weighted by atomic mass is 32.2. The molecule has 2 atom stereocenters. The SMILES string of the molecule is CCOC(=O)C1=C(C(=O)O)N2C(=O)[C@@H](NS(=O)(=O)C(F)(F)F)[C@@H]2CC1. The molecule has 2 aliphatic rings. The average Bonchev–Trinajstić information content (AvgIpc) is 2.50. The third-order valence-corrected chi connectivity index (χ3v) is 4.92. The fourth-order valence-corrected chi connectivity index (χ4v) is 3.41. The molecule has 0 bridgehead atoms. The highest BCUT2D eigenvalue weighted by Crippen LogP contribution is 2.38. The zero-order chi connectivity index (χ0) is 19.2. The summed E-state index contributed by atoms with van der Waals surface area (Å²) in [4.78, 5) is 35.8. The second-order valence-electron chi connectivity index (χ2n) is 5.21. The summed E-state index contributed by atoms with van der Waals surface area (Å²) in [6.07, 6.45) is -0.277. The van der Waals surface area contributed by atoms with E-state index in [-0.39, 0.29) is 25.0 Å². The molecule has 25 heavy (non-hydrogen) atoms. The van der Waals surface area contributed by atoms with Crippen molar-refractivity contribution in [2.75, 3.05) is 6.61 Å². The summed E-state index contributed by atoms with van der Waals surface area (Å²) in [5, 5.41) is 9.24. The standard InChI is InChI=1S/C12H13F3N2O7S/c1-2-24-11(21)5-3-4-6-7(16-25(22,23)12(13,14)15)9(18)17(6)8(5)10(19)20/h6-7,16H,2-4H2,1H3,(H,19,20)/t6-,7-/m0/s1. The van der Waals surface area contributed by atoms with Gasteiger partial charge in [0.2, 0.25) is 5.91 Å². The van der Waals surface area contributed by atoms with Gasteiger partial charge in [0.15, 0.2) is 0 Å². The molecule has 13 heteroatoms. The van der Waals surface area contributed by atoms with Crippen molar-refractivity contribution >= 4 is 27.9 Å². The highest BCUT2D eigenvalue weighted by molar-refractivity contribution is 7.90. The first-order chi connectivity index (χ1) is 11.4. The van der Waals surface area contributed by atoms with Crippen LogP contribution >= 0.6 is 0 Å². The van der Waals surface area contributed by atoms with Crippen LogP contribution in [-0.4, -0.2) is 60.5 Å². The number of halogens is 3. The number of hydrogen-bond donors (Lipinski definition) is 2. The van der Waals surface area contributed by atoms with Crippen LogP contribution in [0.25, 0.3) is 0 Å². The predicted molar refractivity (Wildman–Crippen MR) is 73.1 cm³/mol. The van der Waals surface area contributed by atoms with Gasteiger partial charge >= 0.3 is 27.5 Å². The number of hydrogen-bond acceptors (Lipinski definition) is 6. The number of nitrogens with zero attached hydrogens (tertiary/aromatic N) is 1. The van der Waals surface area contributed by atoms with E-state index in [4.69, 9.17) is 4.74 Å². The van der Waals surface area contributed by atoms with Crippen LogP contribution in [0.3, 0.4) is 0 Å². The van der Waals surface area contributed by atoms with Crippen molar-refractivity contribution in [1.29, 1.82) is 0 Å². The quantitative estimate of drug-likeness (QED) is 0.490. The van der Waals surface area contributed by atoms with E-state index in [1.165, 1.54) is 11.6 Å². The molecule has 140 valence electrons. The number of rotatable bonds is 5. The molecular formula is C12H13F3N2O7S. The first-order valence-corrected chi connectivity index (χ1v) is 8.46. The number of carbonyl (C=O) groups is 3. The van der Waals surface area contributed by atoms with Crippen LogP contribution < -0.4 is 4.72 Å². The normalized spacial score (nSPS) is 23.8. The average molecular weight is 386 g/mol. The molecule has 2 N–H and O–H groups in total.